The molecule has 0 aliphatic carbocycles. The van der Waals surface area contributed by atoms with Crippen molar-refractivity contribution in [2.45, 2.75) is 52.4 Å². The maximum absolute atomic E-state index is 12.0. The zero-order chi connectivity index (χ0) is 20.0. The third-order valence-electron chi connectivity index (χ3n) is 3.84. The molecule has 2 N–H and O–H groups in total. The number of amides is 2. The molecule has 146 valence electrons. The van der Waals surface area contributed by atoms with Gasteiger partial charge in [-0.1, -0.05) is 41.9 Å². The highest BCUT2D eigenvalue weighted by molar-refractivity contribution is 9.10. The molecule has 2 aromatic rings. The van der Waals surface area contributed by atoms with E-state index in [-0.39, 0.29) is 30.2 Å². The topological polar surface area (TPSA) is 97.1 Å². The fourth-order valence-corrected chi connectivity index (χ4v) is 2.77. The van der Waals surface area contributed by atoms with E-state index in [9.17, 15) is 9.59 Å². The summed E-state index contributed by atoms with van der Waals surface area (Å²) < 4.78 is 6.14. The minimum Gasteiger partial charge on any atom is -0.347 e. The van der Waals surface area contributed by atoms with Gasteiger partial charge in [-0.05, 0) is 37.1 Å². The number of nitrogens with zero attached hydrogens (tertiary/aromatic N) is 2. The van der Waals surface area contributed by atoms with Gasteiger partial charge in [-0.2, -0.15) is 4.98 Å². The molecule has 0 aliphatic heterocycles. The van der Waals surface area contributed by atoms with Crippen LogP contribution in [0.5, 0.6) is 0 Å². The second-order valence-corrected chi connectivity index (χ2v) is 8.32. The highest BCUT2D eigenvalue weighted by Crippen LogP contribution is 2.20. The number of carbonyl (C=O) groups excluding carboxylic acids is 2. The summed E-state index contributed by atoms with van der Waals surface area (Å²) in [4.78, 5) is 28.2. The lowest BCUT2D eigenvalue weighted by Gasteiger charge is -2.10. The van der Waals surface area contributed by atoms with Gasteiger partial charge >= 0.3 is 0 Å². The van der Waals surface area contributed by atoms with E-state index in [1.807, 2.05) is 45.9 Å². The molecule has 1 heterocycles. The van der Waals surface area contributed by atoms with E-state index < -0.39 is 0 Å². The quantitative estimate of drug-likeness (QED) is 0.691. The normalized spacial score (nSPS) is 11.3. The Bertz CT molecular complexity index is 812. The number of nitrogens with one attached hydrogen (secondary N) is 2. The Balaban J connectivity index is 1.70. The minimum atomic E-state index is -0.263. The van der Waals surface area contributed by atoms with Gasteiger partial charge in [0.05, 0.1) is 6.54 Å². The van der Waals surface area contributed by atoms with Crippen molar-refractivity contribution in [3.8, 4) is 0 Å². The fourth-order valence-electron chi connectivity index (χ4n) is 2.29. The van der Waals surface area contributed by atoms with E-state index in [2.05, 4.69) is 36.7 Å². The summed E-state index contributed by atoms with van der Waals surface area (Å²) in [5.74, 6) is 0.728. The Morgan fingerprint density at radius 1 is 1.22 bits per heavy atom. The molecule has 0 unspecified atom stereocenters. The Morgan fingerprint density at radius 2 is 1.96 bits per heavy atom. The van der Waals surface area contributed by atoms with Crippen molar-refractivity contribution in [1.82, 2.24) is 15.5 Å². The predicted octanol–water partition coefficient (Wildman–Crippen LogP) is 3.52. The molecule has 0 spiro atoms. The van der Waals surface area contributed by atoms with Gasteiger partial charge in [0.2, 0.25) is 17.7 Å². The van der Waals surface area contributed by atoms with Gasteiger partial charge in [0.1, 0.15) is 0 Å². The van der Waals surface area contributed by atoms with Gasteiger partial charge in [0.15, 0.2) is 5.82 Å². The number of aromatic nitrogens is 2. The lowest BCUT2D eigenvalue weighted by molar-refractivity contribution is -0.124. The number of carbonyl (C=O) groups is 2. The molecule has 0 aliphatic rings. The number of aryl methyl sites for hydroxylation is 2. The molecule has 7 nitrogen and oxygen atoms in total. The summed E-state index contributed by atoms with van der Waals surface area (Å²) >= 11 is 3.38. The van der Waals surface area contributed by atoms with Gasteiger partial charge in [0, 0.05) is 28.4 Å². The summed E-state index contributed by atoms with van der Waals surface area (Å²) in [6.07, 6.45) is 1.39. The van der Waals surface area contributed by atoms with Crippen molar-refractivity contribution >= 4 is 33.4 Å². The highest BCUT2D eigenvalue weighted by atomic mass is 79.9. The SMILES string of the molecule is Cc1cc(Br)ccc1NC(=O)CNC(=O)CCCc1nc(C(C)(C)C)no1. The van der Waals surface area contributed by atoms with E-state index in [0.717, 1.165) is 15.7 Å². The van der Waals surface area contributed by atoms with Crippen LogP contribution in [0.1, 0.15) is 50.9 Å². The Kier molecular flexibility index (Phi) is 7.12. The van der Waals surface area contributed by atoms with Crippen molar-refractivity contribution in [2.24, 2.45) is 0 Å². The Hall–Kier alpha value is -2.22. The average Bonchev–Trinajstić information content (AvgIpc) is 3.05. The molecule has 0 saturated carbocycles. The molecule has 1 aromatic carbocycles. The average molecular weight is 437 g/mol. The molecule has 0 atom stereocenters. The van der Waals surface area contributed by atoms with Crippen LogP contribution in [-0.2, 0) is 21.4 Å². The largest absolute Gasteiger partial charge is 0.347 e. The number of hydrogen-bond acceptors (Lipinski definition) is 5. The maximum atomic E-state index is 12.0. The second-order valence-electron chi connectivity index (χ2n) is 7.40. The predicted molar refractivity (Wildman–Crippen MR) is 106 cm³/mol. The lowest BCUT2D eigenvalue weighted by Crippen LogP contribution is -2.32. The molecular formula is C19H25BrN4O3. The number of benzene rings is 1. The summed E-state index contributed by atoms with van der Waals surface area (Å²) in [6.45, 7) is 7.87. The third kappa shape index (κ3) is 6.78. The molecule has 0 bridgehead atoms. The lowest BCUT2D eigenvalue weighted by atomic mass is 9.96. The van der Waals surface area contributed by atoms with Gasteiger partial charge < -0.3 is 15.2 Å². The molecule has 0 saturated heterocycles. The molecule has 1 aromatic heterocycles. The Morgan fingerprint density at radius 3 is 2.59 bits per heavy atom. The molecule has 2 rings (SSSR count). The van der Waals surface area contributed by atoms with Crippen molar-refractivity contribution < 1.29 is 14.1 Å². The van der Waals surface area contributed by atoms with Gasteiger partial charge in [-0.25, -0.2) is 0 Å². The summed E-state index contributed by atoms with van der Waals surface area (Å²) in [5.41, 5.74) is 1.50. The van der Waals surface area contributed by atoms with E-state index >= 15 is 0 Å². The summed E-state index contributed by atoms with van der Waals surface area (Å²) in [6, 6.07) is 5.58. The fraction of sp³-hybridized carbons (Fsp3) is 0.474. The second kappa shape index (κ2) is 9.12. The van der Waals surface area contributed by atoms with Crippen LogP contribution in [0, 0.1) is 6.92 Å². The van der Waals surface area contributed by atoms with Crippen LogP contribution in [0.2, 0.25) is 0 Å². The van der Waals surface area contributed by atoms with Gasteiger partial charge in [0.25, 0.3) is 0 Å². The maximum Gasteiger partial charge on any atom is 0.243 e. The first kappa shape index (κ1) is 21.1. The summed E-state index contributed by atoms with van der Waals surface area (Å²) in [5, 5.41) is 9.36. The highest BCUT2D eigenvalue weighted by Gasteiger charge is 2.20. The van der Waals surface area contributed by atoms with Gasteiger partial charge in [-0.15, -0.1) is 0 Å². The number of hydrogen-bond donors (Lipinski definition) is 2. The van der Waals surface area contributed by atoms with Crippen molar-refractivity contribution in [1.29, 1.82) is 0 Å². The van der Waals surface area contributed by atoms with Crippen molar-refractivity contribution in [2.75, 3.05) is 11.9 Å². The van der Waals surface area contributed by atoms with Crippen LogP contribution >= 0.6 is 15.9 Å². The zero-order valence-electron chi connectivity index (χ0n) is 16.1. The monoisotopic (exact) mass is 436 g/mol. The number of rotatable bonds is 7. The molecule has 27 heavy (non-hydrogen) atoms. The van der Waals surface area contributed by atoms with Crippen LogP contribution < -0.4 is 10.6 Å². The van der Waals surface area contributed by atoms with Crippen LogP contribution in [-0.4, -0.2) is 28.5 Å². The van der Waals surface area contributed by atoms with E-state index in [1.54, 1.807) is 0 Å². The first-order valence-corrected chi connectivity index (χ1v) is 9.60. The van der Waals surface area contributed by atoms with E-state index in [4.69, 9.17) is 4.52 Å². The van der Waals surface area contributed by atoms with Crippen LogP contribution in [0.3, 0.4) is 0 Å². The first-order chi connectivity index (χ1) is 12.6. The molecule has 8 heteroatoms. The van der Waals surface area contributed by atoms with Crippen molar-refractivity contribution in [3.05, 3.63) is 40.0 Å². The van der Waals surface area contributed by atoms with Crippen LogP contribution in [0.25, 0.3) is 0 Å². The number of anilines is 1. The molecular weight excluding hydrogens is 412 g/mol. The van der Waals surface area contributed by atoms with Crippen LogP contribution in [0.15, 0.2) is 27.2 Å². The van der Waals surface area contributed by atoms with Crippen molar-refractivity contribution in [3.63, 3.8) is 0 Å². The van der Waals surface area contributed by atoms with Crippen LogP contribution in [0.4, 0.5) is 5.69 Å². The first-order valence-electron chi connectivity index (χ1n) is 8.81. The third-order valence-corrected chi connectivity index (χ3v) is 4.34. The van der Waals surface area contributed by atoms with Gasteiger partial charge in [-0.3, -0.25) is 9.59 Å². The van der Waals surface area contributed by atoms with E-state index in [1.165, 1.54) is 0 Å². The van der Waals surface area contributed by atoms with E-state index in [0.29, 0.717) is 24.6 Å². The Labute approximate surface area is 167 Å². The standard InChI is InChI=1S/C19H25BrN4O3/c1-12-10-13(20)8-9-14(12)22-16(26)11-21-15(25)6-5-7-17-23-18(24-27-17)19(2,3)4/h8-10H,5-7,11H2,1-4H3,(H,21,25)(H,22,26). The number of halogens is 1. The zero-order valence-corrected chi connectivity index (χ0v) is 17.6. The molecule has 0 radical (unpaired) electrons. The molecule has 2 amide bonds. The smallest absolute Gasteiger partial charge is 0.243 e. The summed E-state index contributed by atoms with van der Waals surface area (Å²) in [7, 11) is 0. The molecule has 0 fully saturated rings. The minimum absolute atomic E-state index is 0.0664.